The highest BCUT2D eigenvalue weighted by atomic mass is 35.5. The van der Waals surface area contributed by atoms with Crippen LogP contribution in [0.15, 0.2) is 30.9 Å². The summed E-state index contributed by atoms with van der Waals surface area (Å²) in [5, 5.41) is -0.367. The number of aromatic nitrogens is 3. The van der Waals surface area contributed by atoms with Crippen LogP contribution in [0.5, 0.6) is 6.01 Å². The molecule has 7 rings (SSSR count). The lowest BCUT2D eigenvalue weighted by Gasteiger charge is -2.44. The number of anilines is 2. The van der Waals surface area contributed by atoms with Gasteiger partial charge in [-0.25, -0.2) is 13.8 Å². The summed E-state index contributed by atoms with van der Waals surface area (Å²) in [7, 11) is 0. The monoisotopic (exact) mass is 721 g/mol. The molecular formula is C33H33ClF5N7O2S. The number of rotatable bonds is 6. The summed E-state index contributed by atoms with van der Waals surface area (Å²) in [6.45, 7) is 8.84. The van der Waals surface area contributed by atoms with Crippen LogP contribution in [0.2, 0.25) is 5.02 Å². The van der Waals surface area contributed by atoms with Gasteiger partial charge in [0.2, 0.25) is 5.91 Å². The lowest BCUT2D eigenvalue weighted by atomic mass is 9.95. The number of piperazine rings is 1. The maximum atomic E-state index is 15.0. The maximum absolute atomic E-state index is 15.0. The van der Waals surface area contributed by atoms with Crippen LogP contribution in [-0.4, -0.2) is 87.2 Å². The van der Waals surface area contributed by atoms with Gasteiger partial charge in [0, 0.05) is 54.7 Å². The molecule has 9 nitrogen and oxygen atoms in total. The first-order chi connectivity index (χ1) is 23.2. The second kappa shape index (κ2) is 12.2. The number of thiazole rings is 1. The lowest BCUT2D eigenvalue weighted by Crippen LogP contribution is -2.58. The summed E-state index contributed by atoms with van der Waals surface area (Å²) >= 11 is 7.78. The highest BCUT2D eigenvalue weighted by Gasteiger charge is 2.49. The molecule has 2 aromatic heterocycles. The normalized spacial score (nSPS) is 24.6. The van der Waals surface area contributed by atoms with Crippen LogP contribution < -0.4 is 15.4 Å². The van der Waals surface area contributed by atoms with Gasteiger partial charge in [-0.15, -0.1) is 0 Å². The third-order valence-corrected chi connectivity index (χ3v) is 11.2. The van der Waals surface area contributed by atoms with E-state index < -0.39 is 34.8 Å². The fraction of sp³-hybridized carbons (Fsp3) is 0.455. The average Bonchev–Trinajstić information content (AvgIpc) is 3.72. The number of benzene rings is 2. The van der Waals surface area contributed by atoms with Crippen molar-refractivity contribution in [2.75, 3.05) is 43.4 Å². The second-order valence-electron chi connectivity index (χ2n) is 13.1. The quantitative estimate of drug-likeness (QED) is 0.170. The molecule has 0 spiro atoms. The number of alkyl halides is 4. The van der Waals surface area contributed by atoms with Gasteiger partial charge in [-0.2, -0.15) is 23.1 Å². The van der Waals surface area contributed by atoms with Gasteiger partial charge < -0.3 is 20.3 Å². The minimum atomic E-state index is -4.91. The van der Waals surface area contributed by atoms with Gasteiger partial charge in [0.1, 0.15) is 24.4 Å². The Bertz CT molecular complexity index is 1990. The Kier molecular flexibility index (Phi) is 8.38. The minimum absolute atomic E-state index is 0.00968. The van der Waals surface area contributed by atoms with E-state index in [1.54, 1.807) is 4.90 Å². The fourth-order valence-corrected chi connectivity index (χ4v) is 8.76. The first-order valence-corrected chi connectivity index (χ1v) is 17.1. The molecule has 260 valence electrons. The Labute approximate surface area is 287 Å². The van der Waals surface area contributed by atoms with E-state index in [1.165, 1.54) is 12.1 Å². The number of hydrogen-bond acceptors (Lipinski definition) is 9. The third-order valence-electron chi connectivity index (χ3n) is 9.92. The van der Waals surface area contributed by atoms with E-state index in [0.717, 1.165) is 42.9 Å². The van der Waals surface area contributed by atoms with E-state index in [0.29, 0.717) is 13.0 Å². The van der Waals surface area contributed by atoms with E-state index in [2.05, 4.69) is 26.4 Å². The number of amides is 1. The van der Waals surface area contributed by atoms with Crippen LogP contribution in [0.25, 0.3) is 32.2 Å². The van der Waals surface area contributed by atoms with Crippen LogP contribution in [-0.2, 0) is 11.0 Å². The molecule has 0 radical (unpaired) electrons. The molecule has 16 heteroatoms. The summed E-state index contributed by atoms with van der Waals surface area (Å²) in [6, 6.07) is 2.32. The number of halogens is 6. The molecule has 4 atom stereocenters. The molecule has 0 bridgehead atoms. The predicted molar refractivity (Wildman–Crippen MR) is 179 cm³/mol. The molecule has 0 saturated carbocycles. The van der Waals surface area contributed by atoms with Gasteiger partial charge in [-0.3, -0.25) is 9.69 Å². The summed E-state index contributed by atoms with van der Waals surface area (Å²) in [5.74, 6) is -0.806. The maximum Gasteiger partial charge on any atom is 0.417 e. The molecule has 1 amide bonds. The highest BCUT2D eigenvalue weighted by molar-refractivity contribution is 7.22. The number of carbonyl (C=O) groups excluding carboxylic acids is 1. The van der Waals surface area contributed by atoms with E-state index in [-0.39, 0.29) is 86.4 Å². The van der Waals surface area contributed by atoms with Crippen molar-refractivity contribution in [3.05, 3.63) is 47.3 Å². The number of fused-ring (bicyclic) bond motifs is 3. The Morgan fingerprint density at radius 3 is 2.69 bits per heavy atom. The number of nitrogen functional groups attached to an aromatic ring is 1. The van der Waals surface area contributed by atoms with Crippen molar-refractivity contribution in [1.82, 2.24) is 24.8 Å². The summed E-state index contributed by atoms with van der Waals surface area (Å²) in [6.07, 6.45) is -2.80. The molecule has 0 unspecified atom stereocenters. The third kappa shape index (κ3) is 5.72. The Hall–Kier alpha value is -3.82. The molecule has 0 aliphatic carbocycles. The van der Waals surface area contributed by atoms with Crippen LogP contribution >= 0.6 is 22.9 Å². The summed E-state index contributed by atoms with van der Waals surface area (Å²) in [5.41, 5.74) is 3.63. The smallest absolute Gasteiger partial charge is 0.417 e. The number of hydrogen-bond donors (Lipinski definition) is 1. The van der Waals surface area contributed by atoms with Crippen molar-refractivity contribution in [2.45, 2.75) is 63.1 Å². The Morgan fingerprint density at radius 2 is 1.96 bits per heavy atom. The molecule has 3 fully saturated rings. The molecular weight excluding hydrogens is 689 g/mol. The molecule has 2 aromatic carbocycles. The van der Waals surface area contributed by atoms with Crippen molar-refractivity contribution >= 4 is 60.9 Å². The SMILES string of the molecule is C=CC(=O)N1C[C@H](C)N(c2nc(OC[C@@]34CCCN3C[C@H](F)C4)nc3c(Cl)c(-c4ccc(F)c5sc(N)nc45)c(C(F)(F)F)cc23)C[C@H]1C. The molecule has 2 N–H and O–H groups in total. The van der Waals surface area contributed by atoms with Gasteiger partial charge in [-0.05, 0) is 57.5 Å². The molecule has 49 heavy (non-hydrogen) atoms. The van der Waals surface area contributed by atoms with E-state index in [9.17, 15) is 13.6 Å². The Morgan fingerprint density at radius 1 is 1.18 bits per heavy atom. The number of ether oxygens (including phenoxy) is 1. The van der Waals surface area contributed by atoms with Crippen molar-refractivity contribution < 1.29 is 31.5 Å². The lowest BCUT2D eigenvalue weighted by molar-refractivity contribution is -0.137. The zero-order valence-corrected chi connectivity index (χ0v) is 28.2. The second-order valence-corrected chi connectivity index (χ2v) is 14.5. The molecule has 3 saturated heterocycles. The van der Waals surface area contributed by atoms with Gasteiger partial charge in [0.15, 0.2) is 5.13 Å². The zero-order chi connectivity index (χ0) is 35.0. The number of carbonyl (C=O) groups is 1. The standard InChI is InChI=1S/C33H33ClF5N7O2S/c1-4-23(47)45-12-17(3)46(13-16(45)2)29-20-10-21(33(37,38)39)24(19-6-7-22(36)28-27(19)41-30(40)49-28)25(34)26(20)42-31(43-29)48-15-32-8-5-9-44(32)14-18(35)11-32/h4,6-7,10,16-18H,1,5,8-9,11-15H2,2-3H3,(H2,40,41)/t16-,17+,18-,32+/m1/s1. The van der Waals surface area contributed by atoms with Crippen LogP contribution in [0, 0.1) is 5.82 Å². The number of nitrogens with two attached hydrogens (primary N) is 1. The fourth-order valence-electron chi connectivity index (χ4n) is 7.65. The van der Waals surface area contributed by atoms with Gasteiger partial charge in [0.05, 0.1) is 31.9 Å². The zero-order valence-electron chi connectivity index (χ0n) is 26.7. The van der Waals surface area contributed by atoms with Gasteiger partial charge >= 0.3 is 12.2 Å². The topological polar surface area (TPSA) is 101 Å². The van der Waals surface area contributed by atoms with Crippen molar-refractivity contribution in [1.29, 1.82) is 0 Å². The first-order valence-electron chi connectivity index (χ1n) is 15.9. The van der Waals surface area contributed by atoms with Crippen LogP contribution in [0.1, 0.15) is 38.7 Å². The average molecular weight is 722 g/mol. The predicted octanol–water partition coefficient (Wildman–Crippen LogP) is 6.87. The largest absolute Gasteiger partial charge is 0.461 e. The first kappa shape index (κ1) is 33.7. The van der Waals surface area contributed by atoms with E-state index in [4.69, 9.17) is 22.1 Å². The van der Waals surface area contributed by atoms with Crippen LogP contribution in [0.4, 0.5) is 32.9 Å². The van der Waals surface area contributed by atoms with Gasteiger partial charge in [-0.1, -0.05) is 29.5 Å². The van der Waals surface area contributed by atoms with Crippen molar-refractivity contribution in [2.24, 2.45) is 0 Å². The van der Waals surface area contributed by atoms with Gasteiger partial charge in [0.25, 0.3) is 0 Å². The molecule has 5 heterocycles. The van der Waals surface area contributed by atoms with Crippen LogP contribution in [0.3, 0.4) is 0 Å². The minimum Gasteiger partial charge on any atom is -0.461 e. The van der Waals surface area contributed by atoms with E-state index in [1.807, 2.05) is 18.7 Å². The number of nitrogens with zero attached hydrogens (tertiary/aromatic N) is 6. The molecule has 3 aliphatic rings. The molecule has 3 aliphatic heterocycles. The van der Waals surface area contributed by atoms with E-state index >= 15 is 13.2 Å². The summed E-state index contributed by atoms with van der Waals surface area (Å²) in [4.78, 5) is 31.5. The highest BCUT2D eigenvalue weighted by Crippen LogP contribution is 2.49. The van der Waals surface area contributed by atoms with Crippen molar-refractivity contribution in [3.63, 3.8) is 0 Å². The van der Waals surface area contributed by atoms with Crippen molar-refractivity contribution in [3.8, 4) is 17.1 Å². The Balaban J connectivity index is 1.43. The summed E-state index contributed by atoms with van der Waals surface area (Å²) < 4.78 is 80.5. The molecule has 4 aromatic rings.